The van der Waals surface area contributed by atoms with Crippen molar-refractivity contribution in [1.82, 2.24) is 25.0 Å². The minimum atomic E-state index is -0.298. The lowest BCUT2D eigenvalue weighted by Crippen LogP contribution is -2.31. The van der Waals surface area contributed by atoms with Crippen LogP contribution in [0.4, 0.5) is 0 Å². The van der Waals surface area contributed by atoms with E-state index in [4.69, 9.17) is 4.52 Å². The number of carbonyl (C=O) groups is 1. The van der Waals surface area contributed by atoms with Crippen LogP contribution in [0.15, 0.2) is 35.1 Å². The third-order valence-electron chi connectivity index (χ3n) is 4.59. The molecule has 7 nitrogen and oxygen atoms in total. The number of aromatic nitrogens is 4. The van der Waals surface area contributed by atoms with Gasteiger partial charge in [0.15, 0.2) is 0 Å². The van der Waals surface area contributed by atoms with Gasteiger partial charge >= 0.3 is 0 Å². The lowest BCUT2D eigenvalue weighted by molar-refractivity contribution is -0.128. The van der Waals surface area contributed by atoms with Gasteiger partial charge in [-0.15, -0.1) is 0 Å². The van der Waals surface area contributed by atoms with E-state index in [1.807, 2.05) is 23.1 Å². The summed E-state index contributed by atoms with van der Waals surface area (Å²) in [7, 11) is 0. The van der Waals surface area contributed by atoms with Crippen molar-refractivity contribution >= 4 is 16.9 Å². The maximum atomic E-state index is 11.6. The summed E-state index contributed by atoms with van der Waals surface area (Å²) in [6, 6.07) is 5.70. The summed E-state index contributed by atoms with van der Waals surface area (Å²) < 4.78 is 5.51. The first-order valence-corrected chi connectivity index (χ1v) is 7.86. The zero-order valence-electron chi connectivity index (χ0n) is 13.6. The molecule has 1 aliphatic rings. The predicted octanol–water partition coefficient (Wildman–Crippen LogP) is 2.19. The summed E-state index contributed by atoms with van der Waals surface area (Å²) in [6.07, 6.45) is 4.14. The second kappa shape index (κ2) is 5.36. The molecule has 0 radical (unpaired) electrons. The number of benzene rings is 1. The van der Waals surface area contributed by atoms with E-state index < -0.39 is 0 Å². The van der Waals surface area contributed by atoms with Crippen molar-refractivity contribution in [1.29, 1.82) is 0 Å². The van der Waals surface area contributed by atoms with E-state index in [-0.39, 0.29) is 11.3 Å². The standard InChI is InChI=1S/C17H17N5O2/c1-11(23)22-8-5-17(2,10-22)16-20-15(21-24-16)12-3-4-13-14(9-12)19-7-6-18-13/h3-4,6-7,9H,5,8,10H2,1-2H3. The maximum Gasteiger partial charge on any atom is 0.234 e. The number of fused-ring (bicyclic) bond motifs is 1. The molecule has 1 fully saturated rings. The summed E-state index contributed by atoms with van der Waals surface area (Å²) >= 11 is 0. The van der Waals surface area contributed by atoms with Crippen LogP contribution in [0.3, 0.4) is 0 Å². The number of likely N-dealkylation sites (tertiary alicyclic amines) is 1. The monoisotopic (exact) mass is 323 g/mol. The minimum Gasteiger partial charge on any atom is -0.342 e. The van der Waals surface area contributed by atoms with E-state index in [0.29, 0.717) is 18.3 Å². The molecule has 3 aromatic rings. The van der Waals surface area contributed by atoms with Crippen LogP contribution in [0.2, 0.25) is 0 Å². The fourth-order valence-corrected chi connectivity index (χ4v) is 3.09. The molecule has 0 saturated carbocycles. The molecule has 1 amide bonds. The Hall–Kier alpha value is -2.83. The zero-order chi connectivity index (χ0) is 16.7. The Kier molecular flexibility index (Phi) is 3.30. The van der Waals surface area contributed by atoms with Gasteiger partial charge in [0, 0.05) is 38.0 Å². The van der Waals surface area contributed by atoms with Gasteiger partial charge in [-0.25, -0.2) is 0 Å². The molecule has 1 saturated heterocycles. The van der Waals surface area contributed by atoms with Crippen LogP contribution >= 0.6 is 0 Å². The summed E-state index contributed by atoms with van der Waals surface area (Å²) in [6.45, 7) is 4.96. The Balaban J connectivity index is 1.65. The molecule has 7 heteroatoms. The fraction of sp³-hybridized carbons (Fsp3) is 0.353. The number of hydrogen-bond donors (Lipinski definition) is 0. The fourth-order valence-electron chi connectivity index (χ4n) is 3.09. The molecular weight excluding hydrogens is 306 g/mol. The van der Waals surface area contributed by atoms with Gasteiger partial charge in [0.1, 0.15) is 0 Å². The topological polar surface area (TPSA) is 85.0 Å². The minimum absolute atomic E-state index is 0.0755. The van der Waals surface area contributed by atoms with E-state index in [2.05, 4.69) is 27.0 Å². The lowest BCUT2D eigenvalue weighted by Gasteiger charge is -2.19. The van der Waals surface area contributed by atoms with Gasteiger partial charge in [-0.05, 0) is 31.5 Å². The maximum absolute atomic E-state index is 11.6. The van der Waals surface area contributed by atoms with Crippen molar-refractivity contribution in [3.05, 3.63) is 36.5 Å². The summed E-state index contributed by atoms with van der Waals surface area (Å²) in [5.41, 5.74) is 2.15. The van der Waals surface area contributed by atoms with Gasteiger partial charge in [-0.1, -0.05) is 5.16 Å². The summed E-state index contributed by atoms with van der Waals surface area (Å²) in [4.78, 5) is 26.5. The first-order valence-electron chi connectivity index (χ1n) is 7.86. The Labute approximate surface area is 138 Å². The predicted molar refractivity (Wildman–Crippen MR) is 87.1 cm³/mol. The normalized spacial score (nSPS) is 20.7. The van der Waals surface area contributed by atoms with Gasteiger partial charge in [-0.2, -0.15) is 4.98 Å². The van der Waals surface area contributed by atoms with Crippen molar-refractivity contribution in [2.45, 2.75) is 25.7 Å². The first kappa shape index (κ1) is 14.7. The smallest absolute Gasteiger partial charge is 0.234 e. The van der Waals surface area contributed by atoms with Crippen molar-refractivity contribution in [2.24, 2.45) is 0 Å². The van der Waals surface area contributed by atoms with Crippen LogP contribution < -0.4 is 0 Å². The molecule has 4 rings (SSSR count). The number of hydrogen-bond acceptors (Lipinski definition) is 6. The molecule has 0 aliphatic carbocycles. The van der Waals surface area contributed by atoms with Crippen LogP contribution in [-0.4, -0.2) is 44.0 Å². The molecular formula is C17H17N5O2. The highest BCUT2D eigenvalue weighted by Gasteiger charge is 2.41. The van der Waals surface area contributed by atoms with Gasteiger partial charge < -0.3 is 9.42 Å². The largest absolute Gasteiger partial charge is 0.342 e. The van der Waals surface area contributed by atoms with Crippen LogP contribution in [0.1, 0.15) is 26.2 Å². The average molecular weight is 323 g/mol. The molecule has 1 atom stereocenters. The highest BCUT2D eigenvalue weighted by Crippen LogP contribution is 2.34. The van der Waals surface area contributed by atoms with Gasteiger partial charge in [0.05, 0.1) is 16.4 Å². The van der Waals surface area contributed by atoms with Crippen LogP contribution in [0.5, 0.6) is 0 Å². The van der Waals surface area contributed by atoms with E-state index in [1.165, 1.54) is 0 Å². The molecule has 1 unspecified atom stereocenters. The number of carbonyl (C=O) groups excluding carboxylic acids is 1. The molecule has 24 heavy (non-hydrogen) atoms. The quantitative estimate of drug-likeness (QED) is 0.718. The van der Waals surface area contributed by atoms with Crippen molar-refractivity contribution < 1.29 is 9.32 Å². The molecule has 0 N–H and O–H groups in total. The molecule has 3 heterocycles. The highest BCUT2D eigenvalue weighted by atomic mass is 16.5. The molecule has 1 aliphatic heterocycles. The second-order valence-corrected chi connectivity index (χ2v) is 6.43. The number of rotatable bonds is 2. The van der Waals surface area contributed by atoms with Gasteiger partial charge in [-0.3, -0.25) is 14.8 Å². The lowest BCUT2D eigenvalue weighted by atomic mass is 9.90. The second-order valence-electron chi connectivity index (χ2n) is 6.43. The van der Waals surface area contributed by atoms with Gasteiger partial charge in [0.25, 0.3) is 0 Å². The van der Waals surface area contributed by atoms with E-state index >= 15 is 0 Å². The van der Waals surface area contributed by atoms with Gasteiger partial charge in [0.2, 0.25) is 17.6 Å². The van der Waals surface area contributed by atoms with Crippen molar-refractivity contribution in [2.75, 3.05) is 13.1 Å². The molecule has 1 aromatic carbocycles. The third kappa shape index (κ3) is 2.42. The first-order chi connectivity index (χ1) is 11.5. The third-order valence-corrected chi connectivity index (χ3v) is 4.59. The Morgan fingerprint density at radius 2 is 2.04 bits per heavy atom. The van der Waals surface area contributed by atoms with Crippen LogP contribution in [0, 0.1) is 0 Å². The van der Waals surface area contributed by atoms with Crippen molar-refractivity contribution in [3.63, 3.8) is 0 Å². The molecule has 122 valence electrons. The SMILES string of the molecule is CC(=O)N1CCC(C)(c2nc(-c3ccc4nccnc4c3)no2)C1. The zero-order valence-corrected chi connectivity index (χ0v) is 13.6. The van der Waals surface area contributed by atoms with E-state index in [9.17, 15) is 4.79 Å². The van der Waals surface area contributed by atoms with Crippen molar-refractivity contribution in [3.8, 4) is 11.4 Å². The van der Waals surface area contributed by atoms with Crippen LogP contribution in [-0.2, 0) is 10.2 Å². The number of amides is 1. The summed E-state index contributed by atoms with van der Waals surface area (Å²) in [5, 5.41) is 4.12. The number of nitrogens with zero attached hydrogens (tertiary/aromatic N) is 5. The average Bonchev–Trinajstić information content (AvgIpc) is 3.22. The van der Waals surface area contributed by atoms with E-state index in [0.717, 1.165) is 29.6 Å². The molecule has 2 aromatic heterocycles. The van der Waals surface area contributed by atoms with E-state index in [1.54, 1.807) is 19.3 Å². The Bertz CT molecular complexity index is 922. The molecule has 0 bridgehead atoms. The highest BCUT2D eigenvalue weighted by molar-refractivity contribution is 5.79. The summed E-state index contributed by atoms with van der Waals surface area (Å²) in [5.74, 6) is 1.17. The molecule has 0 spiro atoms. The van der Waals surface area contributed by atoms with Crippen LogP contribution in [0.25, 0.3) is 22.4 Å². The Morgan fingerprint density at radius 1 is 1.25 bits per heavy atom. The Morgan fingerprint density at radius 3 is 2.79 bits per heavy atom.